The second-order valence-electron chi connectivity index (χ2n) is 7.12. The molecule has 0 spiro atoms. The van der Waals surface area contributed by atoms with Crippen LogP contribution in [0, 0.1) is 5.92 Å². The number of nitrogens with one attached hydrogen (secondary N) is 1. The smallest absolute Gasteiger partial charge is 0.270 e. The second-order valence-corrected chi connectivity index (χ2v) is 7.12. The van der Waals surface area contributed by atoms with Gasteiger partial charge in [0.15, 0.2) is 0 Å². The number of furan rings is 1. The van der Waals surface area contributed by atoms with Crippen molar-refractivity contribution >= 4 is 17.5 Å². The fourth-order valence-corrected chi connectivity index (χ4v) is 3.63. The van der Waals surface area contributed by atoms with Gasteiger partial charge in [0.25, 0.3) is 5.91 Å². The van der Waals surface area contributed by atoms with Gasteiger partial charge < -0.3 is 19.2 Å². The number of piperidine rings is 1. The van der Waals surface area contributed by atoms with Crippen molar-refractivity contribution in [2.24, 2.45) is 13.0 Å². The highest BCUT2D eigenvalue weighted by Gasteiger charge is 2.28. The second kappa shape index (κ2) is 7.76. The zero-order chi connectivity index (χ0) is 19.5. The average Bonchev–Trinajstić information content (AvgIpc) is 3.40. The lowest BCUT2D eigenvalue weighted by molar-refractivity contribution is -0.121. The molecule has 3 aromatic rings. The first-order valence-corrected chi connectivity index (χ1v) is 9.47. The van der Waals surface area contributed by atoms with Gasteiger partial charge in [-0.05, 0) is 49.2 Å². The van der Waals surface area contributed by atoms with Gasteiger partial charge in [0, 0.05) is 43.5 Å². The molecule has 6 heteroatoms. The SMILES string of the molecule is Cn1cccc1C(=O)N1CCC(C(=O)Nc2cccc(-c3ccco3)c2)CC1. The topological polar surface area (TPSA) is 67.5 Å². The lowest BCUT2D eigenvalue weighted by Gasteiger charge is -2.31. The van der Waals surface area contributed by atoms with Crippen molar-refractivity contribution in [1.29, 1.82) is 0 Å². The van der Waals surface area contributed by atoms with Crippen molar-refractivity contribution in [3.63, 3.8) is 0 Å². The Morgan fingerprint density at radius 2 is 1.89 bits per heavy atom. The number of nitrogens with zero attached hydrogens (tertiary/aromatic N) is 2. The van der Waals surface area contributed by atoms with Crippen LogP contribution in [0.1, 0.15) is 23.3 Å². The predicted octanol–water partition coefficient (Wildman–Crippen LogP) is 3.78. The molecule has 0 saturated carbocycles. The number of rotatable bonds is 4. The van der Waals surface area contributed by atoms with Gasteiger partial charge in [0.05, 0.1) is 6.26 Å². The molecule has 28 heavy (non-hydrogen) atoms. The summed E-state index contributed by atoms with van der Waals surface area (Å²) in [6, 6.07) is 15.0. The maximum Gasteiger partial charge on any atom is 0.270 e. The Bertz CT molecular complexity index is 967. The zero-order valence-corrected chi connectivity index (χ0v) is 15.8. The molecule has 1 aliphatic heterocycles. The minimum absolute atomic E-state index is 0.00237. The monoisotopic (exact) mass is 377 g/mol. The highest BCUT2D eigenvalue weighted by Crippen LogP contribution is 2.25. The fourth-order valence-electron chi connectivity index (χ4n) is 3.63. The van der Waals surface area contributed by atoms with E-state index in [9.17, 15) is 9.59 Å². The molecule has 1 fully saturated rings. The molecule has 0 aliphatic carbocycles. The van der Waals surface area contributed by atoms with Crippen LogP contribution in [-0.2, 0) is 11.8 Å². The standard InChI is InChI=1S/C22H23N3O3/c1-24-11-3-7-19(24)22(27)25-12-9-16(10-13-25)21(26)23-18-6-2-5-17(15-18)20-8-4-14-28-20/h2-8,11,14-16H,9-10,12-13H2,1H3,(H,23,26). The van der Waals surface area contributed by atoms with E-state index >= 15 is 0 Å². The van der Waals surface area contributed by atoms with Crippen molar-refractivity contribution in [3.05, 3.63) is 66.7 Å². The van der Waals surface area contributed by atoms with Crippen LogP contribution in [0.2, 0.25) is 0 Å². The van der Waals surface area contributed by atoms with Crippen molar-refractivity contribution in [2.75, 3.05) is 18.4 Å². The van der Waals surface area contributed by atoms with Crippen LogP contribution in [0.5, 0.6) is 0 Å². The Hall–Kier alpha value is -3.28. The largest absolute Gasteiger partial charge is 0.464 e. The van der Waals surface area contributed by atoms with E-state index in [2.05, 4.69) is 5.32 Å². The molecule has 3 heterocycles. The molecule has 4 rings (SSSR count). The molecule has 144 valence electrons. The number of benzene rings is 1. The Labute approximate surface area is 163 Å². The molecule has 1 aromatic carbocycles. The van der Waals surface area contributed by atoms with Crippen molar-refractivity contribution in [1.82, 2.24) is 9.47 Å². The third-order valence-electron chi connectivity index (χ3n) is 5.25. The van der Waals surface area contributed by atoms with Crippen LogP contribution in [-0.4, -0.2) is 34.4 Å². The first kappa shape index (κ1) is 18.1. The van der Waals surface area contributed by atoms with Gasteiger partial charge in [0.1, 0.15) is 11.5 Å². The van der Waals surface area contributed by atoms with Gasteiger partial charge in [-0.15, -0.1) is 0 Å². The van der Waals surface area contributed by atoms with Gasteiger partial charge in [-0.3, -0.25) is 9.59 Å². The molecule has 0 atom stereocenters. The van der Waals surface area contributed by atoms with Gasteiger partial charge in [0.2, 0.25) is 5.91 Å². The number of hydrogen-bond donors (Lipinski definition) is 1. The molecule has 1 aliphatic rings. The van der Waals surface area contributed by atoms with Crippen LogP contribution in [0.3, 0.4) is 0 Å². The first-order chi connectivity index (χ1) is 13.6. The van der Waals surface area contributed by atoms with Crippen molar-refractivity contribution in [2.45, 2.75) is 12.8 Å². The summed E-state index contributed by atoms with van der Waals surface area (Å²) in [6.07, 6.45) is 4.83. The van der Waals surface area contributed by atoms with Crippen LogP contribution in [0.4, 0.5) is 5.69 Å². The van der Waals surface area contributed by atoms with Crippen molar-refractivity contribution in [3.8, 4) is 11.3 Å². The molecular weight excluding hydrogens is 354 g/mol. The van der Waals surface area contributed by atoms with Crippen molar-refractivity contribution < 1.29 is 14.0 Å². The number of carbonyl (C=O) groups is 2. The summed E-state index contributed by atoms with van der Waals surface area (Å²) in [5, 5.41) is 3.01. The minimum atomic E-state index is -0.0928. The molecule has 1 saturated heterocycles. The number of amides is 2. The van der Waals surface area contributed by atoms with E-state index in [1.165, 1.54) is 0 Å². The molecule has 6 nitrogen and oxygen atoms in total. The molecule has 2 aromatic heterocycles. The van der Waals surface area contributed by atoms with E-state index in [4.69, 9.17) is 4.42 Å². The Morgan fingerprint density at radius 1 is 1.07 bits per heavy atom. The van der Waals surface area contributed by atoms with Gasteiger partial charge >= 0.3 is 0 Å². The normalized spacial score (nSPS) is 14.8. The highest BCUT2D eigenvalue weighted by atomic mass is 16.3. The van der Waals surface area contributed by atoms with Gasteiger partial charge in [-0.2, -0.15) is 0 Å². The van der Waals surface area contributed by atoms with E-state index < -0.39 is 0 Å². The molecular formula is C22H23N3O3. The van der Waals surface area contributed by atoms with Crippen LogP contribution < -0.4 is 5.32 Å². The zero-order valence-electron chi connectivity index (χ0n) is 15.8. The molecule has 2 amide bonds. The summed E-state index contributed by atoms with van der Waals surface area (Å²) in [7, 11) is 1.87. The number of anilines is 1. The molecule has 0 radical (unpaired) electrons. The van der Waals surface area contributed by atoms with E-state index in [0.29, 0.717) is 31.6 Å². The third kappa shape index (κ3) is 3.71. The van der Waals surface area contributed by atoms with E-state index in [0.717, 1.165) is 17.0 Å². The number of carbonyl (C=O) groups excluding carboxylic acids is 2. The maximum atomic E-state index is 12.7. The summed E-state index contributed by atoms with van der Waals surface area (Å²) in [6.45, 7) is 1.18. The molecule has 1 N–H and O–H groups in total. The summed E-state index contributed by atoms with van der Waals surface area (Å²) in [4.78, 5) is 27.1. The van der Waals surface area contributed by atoms with Crippen LogP contribution in [0.25, 0.3) is 11.3 Å². The summed E-state index contributed by atoms with van der Waals surface area (Å²) >= 11 is 0. The summed E-state index contributed by atoms with van der Waals surface area (Å²) in [5.74, 6) is 0.702. The third-order valence-corrected chi connectivity index (χ3v) is 5.25. The minimum Gasteiger partial charge on any atom is -0.464 e. The summed E-state index contributed by atoms with van der Waals surface area (Å²) < 4.78 is 7.24. The van der Waals surface area contributed by atoms with Crippen LogP contribution in [0.15, 0.2) is 65.4 Å². The molecule has 0 bridgehead atoms. The maximum absolute atomic E-state index is 12.7. The predicted molar refractivity (Wildman–Crippen MR) is 107 cm³/mol. The lowest BCUT2D eigenvalue weighted by atomic mass is 9.95. The fraction of sp³-hybridized carbons (Fsp3) is 0.273. The number of likely N-dealkylation sites (tertiary alicyclic amines) is 1. The summed E-state index contributed by atoms with van der Waals surface area (Å²) in [5.41, 5.74) is 2.35. The quantitative estimate of drug-likeness (QED) is 0.752. The van der Waals surface area contributed by atoms with Gasteiger partial charge in [-0.25, -0.2) is 0 Å². The lowest BCUT2D eigenvalue weighted by Crippen LogP contribution is -2.42. The Kier molecular flexibility index (Phi) is 5.02. The Morgan fingerprint density at radius 3 is 2.57 bits per heavy atom. The number of hydrogen-bond acceptors (Lipinski definition) is 3. The van der Waals surface area contributed by atoms with E-state index in [1.807, 2.05) is 71.2 Å². The Balaban J connectivity index is 1.35. The average molecular weight is 377 g/mol. The number of aryl methyl sites for hydroxylation is 1. The number of aromatic nitrogens is 1. The highest BCUT2D eigenvalue weighted by molar-refractivity contribution is 5.94. The first-order valence-electron chi connectivity index (χ1n) is 9.47. The van der Waals surface area contributed by atoms with E-state index in [1.54, 1.807) is 6.26 Å². The van der Waals surface area contributed by atoms with Crippen LogP contribution >= 0.6 is 0 Å². The molecule has 0 unspecified atom stereocenters. The van der Waals surface area contributed by atoms with Gasteiger partial charge in [-0.1, -0.05) is 12.1 Å². The van der Waals surface area contributed by atoms with E-state index in [-0.39, 0.29) is 17.7 Å².